The summed E-state index contributed by atoms with van der Waals surface area (Å²) in [4.78, 5) is 12.3. The number of benzene rings is 2. The number of ether oxygens (including phenoxy) is 2. The Morgan fingerprint density at radius 2 is 2.00 bits per heavy atom. The van der Waals surface area contributed by atoms with Crippen LogP contribution in [0.4, 0.5) is 0 Å². The molecular formula is C18H15BrO4. The average Bonchev–Trinajstić information content (AvgIpc) is 2.60. The molecular weight excluding hydrogens is 360 g/mol. The van der Waals surface area contributed by atoms with E-state index in [2.05, 4.69) is 15.9 Å². The van der Waals surface area contributed by atoms with Gasteiger partial charge in [-0.2, -0.15) is 0 Å². The van der Waals surface area contributed by atoms with Gasteiger partial charge in [-0.1, -0.05) is 58.4 Å². The normalized spacial score (nSPS) is 18.5. The third-order valence-electron chi connectivity index (χ3n) is 3.80. The summed E-state index contributed by atoms with van der Waals surface area (Å²) in [5, 5.41) is 11.1. The van der Waals surface area contributed by atoms with Gasteiger partial charge in [0.15, 0.2) is 6.10 Å². The van der Waals surface area contributed by atoms with Crippen molar-refractivity contribution in [2.24, 2.45) is 0 Å². The van der Waals surface area contributed by atoms with Crippen molar-refractivity contribution in [2.75, 3.05) is 7.11 Å². The molecule has 1 aliphatic rings. The van der Waals surface area contributed by atoms with E-state index in [1.165, 1.54) is 7.11 Å². The monoisotopic (exact) mass is 374 g/mol. The maximum Gasteiger partial charge on any atom is 0.346 e. The molecule has 118 valence electrons. The van der Waals surface area contributed by atoms with Gasteiger partial charge in [-0.3, -0.25) is 0 Å². The van der Waals surface area contributed by atoms with Crippen LogP contribution in [0.3, 0.4) is 0 Å². The summed E-state index contributed by atoms with van der Waals surface area (Å²) in [5.74, 6) is -0.179. The van der Waals surface area contributed by atoms with E-state index < -0.39 is 17.7 Å². The fourth-order valence-corrected chi connectivity index (χ4v) is 2.93. The first-order chi connectivity index (χ1) is 11.1. The highest BCUT2D eigenvalue weighted by molar-refractivity contribution is 9.10. The zero-order chi connectivity index (χ0) is 16.4. The highest BCUT2D eigenvalue weighted by Crippen LogP contribution is 2.36. The molecule has 1 aliphatic heterocycles. The Morgan fingerprint density at radius 3 is 2.70 bits per heavy atom. The molecule has 0 radical (unpaired) electrons. The number of carbonyl (C=O) groups is 1. The molecule has 0 spiro atoms. The SMILES string of the molecule is COC(=O)C(O)(c1ccccc1)C1C=Cc2ccc(Br)cc2O1. The first kappa shape index (κ1) is 15.8. The molecule has 0 saturated carbocycles. The van der Waals surface area contributed by atoms with Crippen molar-refractivity contribution < 1.29 is 19.4 Å². The molecule has 1 N–H and O–H groups in total. The van der Waals surface area contributed by atoms with Crippen molar-refractivity contribution in [3.63, 3.8) is 0 Å². The first-order valence-corrected chi connectivity index (χ1v) is 7.85. The summed E-state index contributed by atoms with van der Waals surface area (Å²) >= 11 is 3.39. The van der Waals surface area contributed by atoms with Gasteiger partial charge in [0.25, 0.3) is 0 Å². The molecule has 0 aliphatic carbocycles. The smallest absolute Gasteiger partial charge is 0.346 e. The molecule has 2 atom stereocenters. The molecule has 1 heterocycles. The quantitative estimate of drug-likeness (QED) is 0.837. The van der Waals surface area contributed by atoms with E-state index in [4.69, 9.17) is 9.47 Å². The summed E-state index contributed by atoms with van der Waals surface area (Å²) in [7, 11) is 1.24. The number of aliphatic hydroxyl groups is 1. The Labute approximate surface area is 142 Å². The number of rotatable bonds is 3. The number of methoxy groups -OCH3 is 1. The number of halogens is 1. The van der Waals surface area contributed by atoms with E-state index in [-0.39, 0.29) is 0 Å². The molecule has 3 rings (SSSR count). The lowest BCUT2D eigenvalue weighted by molar-refractivity contribution is -0.172. The second-order valence-electron chi connectivity index (χ2n) is 5.20. The molecule has 5 heteroatoms. The second kappa shape index (κ2) is 6.18. The van der Waals surface area contributed by atoms with E-state index >= 15 is 0 Å². The van der Waals surface area contributed by atoms with Gasteiger partial charge in [-0.15, -0.1) is 0 Å². The molecule has 0 bridgehead atoms. The lowest BCUT2D eigenvalue weighted by atomic mass is 9.86. The molecule has 2 aromatic carbocycles. The highest BCUT2D eigenvalue weighted by Gasteiger charge is 2.48. The van der Waals surface area contributed by atoms with Gasteiger partial charge in [-0.05, 0) is 23.8 Å². The van der Waals surface area contributed by atoms with Crippen LogP contribution in [0.2, 0.25) is 0 Å². The lowest BCUT2D eigenvalue weighted by Crippen LogP contribution is -2.49. The fourth-order valence-electron chi connectivity index (χ4n) is 2.59. The van der Waals surface area contributed by atoms with E-state index in [1.54, 1.807) is 36.4 Å². The van der Waals surface area contributed by atoms with Crippen molar-refractivity contribution in [3.05, 3.63) is 70.2 Å². The number of esters is 1. The van der Waals surface area contributed by atoms with Gasteiger partial charge in [-0.25, -0.2) is 4.79 Å². The zero-order valence-corrected chi connectivity index (χ0v) is 14.0. The number of fused-ring (bicyclic) bond motifs is 1. The Morgan fingerprint density at radius 1 is 1.26 bits per heavy atom. The van der Waals surface area contributed by atoms with Crippen LogP contribution in [0, 0.1) is 0 Å². The van der Waals surface area contributed by atoms with Gasteiger partial charge < -0.3 is 14.6 Å². The van der Waals surface area contributed by atoms with Gasteiger partial charge in [0.2, 0.25) is 5.60 Å². The Hall–Kier alpha value is -2.11. The minimum Gasteiger partial charge on any atom is -0.482 e. The topological polar surface area (TPSA) is 55.8 Å². The van der Waals surface area contributed by atoms with Crippen LogP contribution < -0.4 is 4.74 Å². The number of hydrogen-bond acceptors (Lipinski definition) is 4. The highest BCUT2D eigenvalue weighted by atomic mass is 79.9. The minimum atomic E-state index is -1.92. The standard InChI is InChI=1S/C18H15BrO4/c1-22-17(20)18(21,13-5-3-2-4-6-13)16-10-8-12-7-9-14(19)11-15(12)23-16/h2-11,16,21H,1H3. The predicted octanol–water partition coefficient (Wildman–Crippen LogP) is 3.28. The molecule has 0 aromatic heterocycles. The third kappa shape index (κ3) is 2.78. The van der Waals surface area contributed by atoms with Crippen LogP contribution >= 0.6 is 15.9 Å². The van der Waals surface area contributed by atoms with Crippen molar-refractivity contribution in [3.8, 4) is 5.75 Å². The Kier molecular flexibility index (Phi) is 4.24. The molecule has 0 saturated heterocycles. The maximum absolute atomic E-state index is 12.3. The van der Waals surface area contributed by atoms with Gasteiger partial charge in [0, 0.05) is 10.0 Å². The summed E-state index contributed by atoms with van der Waals surface area (Å²) in [6.07, 6.45) is 2.60. The van der Waals surface area contributed by atoms with Crippen molar-refractivity contribution in [2.45, 2.75) is 11.7 Å². The van der Waals surface area contributed by atoms with E-state index in [1.807, 2.05) is 24.3 Å². The zero-order valence-electron chi connectivity index (χ0n) is 12.4. The van der Waals surface area contributed by atoms with Crippen LogP contribution in [0.25, 0.3) is 6.08 Å². The Bertz CT molecular complexity index is 757. The molecule has 4 nitrogen and oxygen atoms in total. The summed E-state index contributed by atoms with van der Waals surface area (Å²) in [5.41, 5.74) is -0.628. The van der Waals surface area contributed by atoms with Gasteiger partial charge >= 0.3 is 5.97 Å². The van der Waals surface area contributed by atoms with Gasteiger partial charge in [0.05, 0.1) is 7.11 Å². The van der Waals surface area contributed by atoms with Crippen molar-refractivity contribution in [1.82, 2.24) is 0 Å². The fraction of sp³-hybridized carbons (Fsp3) is 0.167. The maximum atomic E-state index is 12.3. The number of carbonyl (C=O) groups excluding carboxylic acids is 1. The molecule has 2 unspecified atom stereocenters. The lowest BCUT2D eigenvalue weighted by Gasteiger charge is -2.34. The van der Waals surface area contributed by atoms with Crippen molar-refractivity contribution in [1.29, 1.82) is 0 Å². The largest absolute Gasteiger partial charge is 0.482 e. The Balaban J connectivity index is 2.05. The summed E-state index contributed by atoms with van der Waals surface area (Å²) in [6, 6.07) is 14.2. The second-order valence-corrected chi connectivity index (χ2v) is 6.12. The van der Waals surface area contributed by atoms with Crippen LogP contribution in [0.1, 0.15) is 11.1 Å². The third-order valence-corrected chi connectivity index (χ3v) is 4.30. The average molecular weight is 375 g/mol. The van der Waals surface area contributed by atoms with Crippen LogP contribution in [0.15, 0.2) is 59.1 Å². The van der Waals surface area contributed by atoms with E-state index in [9.17, 15) is 9.90 Å². The molecule has 0 fully saturated rings. The molecule has 0 amide bonds. The predicted molar refractivity (Wildman–Crippen MR) is 89.9 cm³/mol. The van der Waals surface area contributed by atoms with Crippen LogP contribution in [-0.4, -0.2) is 24.3 Å². The summed E-state index contributed by atoms with van der Waals surface area (Å²) < 4.78 is 11.6. The van der Waals surface area contributed by atoms with Crippen molar-refractivity contribution >= 4 is 28.0 Å². The number of hydrogen-bond donors (Lipinski definition) is 1. The van der Waals surface area contributed by atoms with Crippen LogP contribution in [0.5, 0.6) is 5.75 Å². The molecule has 2 aromatic rings. The first-order valence-electron chi connectivity index (χ1n) is 7.06. The van der Waals surface area contributed by atoms with Crippen LogP contribution in [-0.2, 0) is 15.1 Å². The minimum absolute atomic E-state index is 0.417. The molecule has 23 heavy (non-hydrogen) atoms. The van der Waals surface area contributed by atoms with E-state index in [0.29, 0.717) is 11.3 Å². The van der Waals surface area contributed by atoms with Gasteiger partial charge in [0.1, 0.15) is 5.75 Å². The van der Waals surface area contributed by atoms with E-state index in [0.717, 1.165) is 10.0 Å². The summed E-state index contributed by atoms with van der Waals surface area (Å²) in [6.45, 7) is 0.